The van der Waals surface area contributed by atoms with Crippen molar-refractivity contribution >= 4 is 17.8 Å². The minimum atomic E-state index is -0.456. The molecule has 1 N–H and O–H groups in total. The van der Waals surface area contributed by atoms with Gasteiger partial charge in [0.1, 0.15) is 5.75 Å². The van der Waals surface area contributed by atoms with Crippen molar-refractivity contribution in [2.75, 3.05) is 7.11 Å². The number of benzene rings is 2. The number of ether oxygens (including phenoxy) is 1. The molecule has 0 unspecified atom stereocenters. The van der Waals surface area contributed by atoms with Gasteiger partial charge in [-0.25, -0.2) is 5.43 Å². The van der Waals surface area contributed by atoms with Gasteiger partial charge in [0, 0.05) is 22.8 Å². The molecule has 0 saturated carbocycles. The van der Waals surface area contributed by atoms with E-state index in [-0.39, 0.29) is 11.6 Å². The zero-order valence-corrected chi connectivity index (χ0v) is 12.6. The summed E-state index contributed by atoms with van der Waals surface area (Å²) in [5, 5.41) is 14.7. The molecule has 118 valence electrons. The van der Waals surface area contributed by atoms with Crippen molar-refractivity contribution in [2.24, 2.45) is 5.10 Å². The summed E-state index contributed by atoms with van der Waals surface area (Å²) in [4.78, 5) is 22.3. The van der Waals surface area contributed by atoms with E-state index >= 15 is 0 Å². The molecule has 0 aliphatic rings. The smallest absolute Gasteiger partial charge is 0.272 e. The fourth-order valence-corrected chi connectivity index (χ4v) is 1.88. The number of methoxy groups -OCH3 is 1. The van der Waals surface area contributed by atoms with Crippen LogP contribution in [0.25, 0.3) is 0 Å². The van der Waals surface area contributed by atoms with Crippen LogP contribution in [0.4, 0.5) is 5.69 Å². The molecule has 7 heteroatoms. The Hall–Kier alpha value is -3.22. The summed E-state index contributed by atoms with van der Waals surface area (Å²) in [6.45, 7) is 1.66. The number of nitrogens with zero attached hydrogens (tertiary/aromatic N) is 2. The van der Waals surface area contributed by atoms with E-state index < -0.39 is 4.92 Å². The van der Waals surface area contributed by atoms with Gasteiger partial charge in [-0.05, 0) is 31.2 Å². The molecule has 0 atom stereocenters. The van der Waals surface area contributed by atoms with Gasteiger partial charge in [0.15, 0.2) is 0 Å². The molecule has 0 saturated heterocycles. The average Bonchev–Trinajstić information content (AvgIpc) is 2.56. The Labute approximate surface area is 132 Å². The molecule has 0 spiro atoms. The molecule has 0 heterocycles. The van der Waals surface area contributed by atoms with Gasteiger partial charge in [0.25, 0.3) is 11.6 Å². The summed E-state index contributed by atoms with van der Waals surface area (Å²) < 4.78 is 5.01. The summed E-state index contributed by atoms with van der Waals surface area (Å²) in [5.41, 5.74) is 3.90. The summed E-state index contributed by atoms with van der Waals surface area (Å²) >= 11 is 0. The minimum Gasteiger partial charge on any atom is -0.497 e. The maximum absolute atomic E-state index is 11.9. The third kappa shape index (κ3) is 4.13. The van der Waals surface area contributed by atoms with E-state index in [0.717, 1.165) is 0 Å². The number of rotatable bonds is 5. The van der Waals surface area contributed by atoms with Crippen molar-refractivity contribution in [3.8, 4) is 5.75 Å². The Kier molecular flexibility index (Phi) is 5.03. The molecule has 7 nitrogen and oxygen atoms in total. The highest BCUT2D eigenvalue weighted by molar-refractivity contribution is 5.95. The standard InChI is InChI=1S/C16H15N3O4/c1-11-3-4-12(9-15(11)19(21)22)10-17-18-16(20)13-5-7-14(23-2)8-6-13/h3-10H,1-2H3,(H,18,20)/b17-10+. The van der Waals surface area contributed by atoms with Gasteiger partial charge in [-0.2, -0.15) is 5.10 Å². The van der Waals surface area contributed by atoms with Crippen LogP contribution < -0.4 is 10.2 Å². The predicted octanol–water partition coefficient (Wildman–Crippen LogP) is 2.68. The van der Waals surface area contributed by atoms with Gasteiger partial charge in [0.2, 0.25) is 0 Å². The van der Waals surface area contributed by atoms with Gasteiger partial charge in [-0.3, -0.25) is 14.9 Å². The fourth-order valence-electron chi connectivity index (χ4n) is 1.88. The Bertz CT molecular complexity index is 754. The van der Waals surface area contributed by atoms with Crippen LogP contribution in [0.1, 0.15) is 21.5 Å². The van der Waals surface area contributed by atoms with Crippen molar-refractivity contribution in [1.82, 2.24) is 5.43 Å². The van der Waals surface area contributed by atoms with E-state index in [1.165, 1.54) is 12.3 Å². The van der Waals surface area contributed by atoms with Gasteiger partial charge >= 0.3 is 0 Å². The van der Waals surface area contributed by atoms with E-state index in [4.69, 9.17) is 4.74 Å². The minimum absolute atomic E-state index is 0.00966. The first kappa shape index (κ1) is 16.2. The van der Waals surface area contributed by atoms with Crippen LogP contribution in [0.3, 0.4) is 0 Å². The van der Waals surface area contributed by atoms with Gasteiger partial charge < -0.3 is 4.74 Å². The Balaban J connectivity index is 2.04. The molecule has 0 bridgehead atoms. The molecule has 2 aromatic carbocycles. The number of nitrogens with one attached hydrogen (secondary N) is 1. The molecule has 1 amide bonds. The van der Waals surface area contributed by atoms with Crippen LogP contribution in [0.2, 0.25) is 0 Å². The molecule has 2 rings (SSSR count). The second-order valence-corrected chi connectivity index (χ2v) is 4.73. The van der Waals surface area contributed by atoms with Gasteiger partial charge in [-0.1, -0.05) is 12.1 Å². The molecule has 23 heavy (non-hydrogen) atoms. The highest BCUT2D eigenvalue weighted by Crippen LogP contribution is 2.18. The number of carbonyl (C=O) groups excluding carboxylic acids is 1. The van der Waals surface area contributed by atoms with Crippen LogP contribution in [0.15, 0.2) is 47.6 Å². The zero-order valence-electron chi connectivity index (χ0n) is 12.6. The predicted molar refractivity (Wildman–Crippen MR) is 85.9 cm³/mol. The summed E-state index contributed by atoms with van der Waals surface area (Å²) in [6, 6.07) is 11.3. The van der Waals surface area contributed by atoms with E-state index in [0.29, 0.717) is 22.4 Å². The third-order valence-corrected chi connectivity index (χ3v) is 3.16. The zero-order chi connectivity index (χ0) is 16.8. The second-order valence-electron chi connectivity index (χ2n) is 4.73. The number of amides is 1. The van der Waals surface area contributed by atoms with Gasteiger partial charge in [-0.15, -0.1) is 0 Å². The number of carbonyl (C=O) groups is 1. The van der Waals surface area contributed by atoms with Crippen LogP contribution in [-0.2, 0) is 0 Å². The first-order valence-electron chi connectivity index (χ1n) is 6.74. The lowest BCUT2D eigenvalue weighted by atomic mass is 10.1. The average molecular weight is 313 g/mol. The lowest BCUT2D eigenvalue weighted by Crippen LogP contribution is -2.17. The van der Waals surface area contributed by atoms with Crippen molar-refractivity contribution in [1.29, 1.82) is 0 Å². The van der Waals surface area contributed by atoms with E-state index in [1.54, 1.807) is 50.4 Å². The highest BCUT2D eigenvalue weighted by Gasteiger charge is 2.10. The Morgan fingerprint density at radius 3 is 2.57 bits per heavy atom. The number of nitro benzene ring substituents is 1. The first-order valence-corrected chi connectivity index (χ1v) is 6.74. The lowest BCUT2D eigenvalue weighted by molar-refractivity contribution is -0.385. The molecular formula is C16H15N3O4. The van der Waals surface area contributed by atoms with E-state index in [9.17, 15) is 14.9 Å². The second kappa shape index (κ2) is 7.17. The van der Waals surface area contributed by atoms with Crippen molar-refractivity contribution in [2.45, 2.75) is 6.92 Å². The number of aryl methyl sites for hydroxylation is 1. The normalized spacial score (nSPS) is 10.5. The SMILES string of the molecule is COc1ccc(C(=O)N/N=C/c2ccc(C)c([N+](=O)[O-])c2)cc1. The molecule has 2 aromatic rings. The lowest BCUT2D eigenvalue weighted by Gasteiger charge is -2.02. The van der Waals surface area contributed by atoms with Crippen LogP contribution in [0.5, 0.6) is 5.75 Å². The van der Waals surface area contributed by atoms with Crippen LogP contribution >= 0.6 is 0 Å². The molecule has 0 fully saturated rings. The monoisotopic (exact) mass is 313 g/mol. The summed E-state index contributed by atoms with van der Waals surface area (Å²) in [7, 11) is 1.54. The molecular weight excluding hydrogens is 298 g/mol. The molecule has 0 aromatic heterocycles. The van der Waals surface area contributed by atoms with Crippen molar-refractivity contribution in [3.63, 3.8) is 0 Å². The van der Waals surface area contributed by atoms with E-state index in [2.05, 4.69) is 10.5 Å². The highest BCUT2D eigenvalue weighted by atomic mass is 16.6. The first-order chi connectivity index (χ1) is 11.0. The van der Waals surface area contributed by atoms with Crippen molar-refractivity contribution in [3.05, 3.63) is 69.3 Å². The summed E-state index contributed by atoms with van der Waals surface area (Å²) in [5.74, 6) is 0.266. The van der Waals surface area contributed by atoms with Crippen LogP contribution in [-0.4, -0.2) is 24.2 Å². The maximum atomic E-state index is 11.9. The van der Waals surface area contributed by atoms with Crippen molar-refractivity contribution < 1.29 is 14.5 Å². The topological polar surface area (TPSA) is 93.8 Å². The number of nitro groups is 1. The Morgan fingerprint density at radius 2 is 1.96 bits per heavy atom. The Morgan fingerprint density at radius 1 is 1.26 bits per heavy atom. The quantitative estimate of drug-likeness (QED) is 0.521. The fraction of sp³-hybridized carbons (Fsp3) is 0.125. The summed E-state index contributed by atoms with van der Waals surface area (Å²) in [6.07, 6.45) is 1.36. The largest absolute Gasteiger partial charge is 0.497 e. The molecule has 0 radical (unpaired) electrons. The maximum Gasteiger partial charge on any atom is 0.272 e. The third-order valence-electron chi connectivity index (χ3n) is 3.16. The number of hydrogen-bond acceptors (Lipinski definition) is 5. The van der Waals surface area contributed by atoms with E-state index in [1.807, 2.05) is 0 Å². The molecule has 0 aliphatic carbocycles. The number of hydrogen-bond donors (Lipinski definition) is 1. The van der Waals surface area contributed by atoms with Crippen LogP contribution in [0, 0.1) is 17.0 Å². The van der Waals surface area contributed by atoms with Gasteiger partial charge in [0.05, 0.1) is 18.2 Å². The molecule has 0 aliphatic heterocycles. The number of hydrazone groups is 1.